The number of halogens is 3. The zero-order chi connectivity index (χ0) is 16.5. The van der Waals surface area contributed by atoms with Gasteiger partial charge in [-0.15, -0.1) is 0 Å². The van der Waals surface area contributed by atoms with Crippen molar-refractivity contribution < 1.29 is 27.2 Å². The molecule has 1 aromatic heterocycles. The minimum Gasteiger partial charge on any atom is -0.463 e. The fraction of sp³-hybridized carbons (Fsp3) is 0.600. The van der Waals surface area contributed by atoms with Crippen molar-refractivity contribution in [1.29, 1.82) is 0 Å². The summed E-state index contributed by atoms with van der Waals surface area (Å²) in [4.78, 5) is 18.9. The molecule has 0 N–H and O–H groups in total. The van der Waals surface area contributed by atoms with E-state index >= 15 is 0 Å². The average Bonchev–Trinajstić information content (AvgIpc) is 3.15. The van der Waals surface area contributed by atoms with Crippen LogP contribution < -0.4 is 0 Å². The van der Waals surface area contributed by atoms with Crippen molar-refractivity contribution in [3.8, 4) is 0 Å². The molecule has 23 heavy (non-hydrogen) atoms. The third kappa shape index (κ3) is 3.68. The molecule has 3 heterocycles. The summed E-state index contributed by atoms with van der Waals surface area (Å²) in [5, 5.41) is 4.06. The summed E-state index contributed by atoms with van der Waals surface area (Å²) < 4.78 is 41.9. The second-order valence-corrected chi connectivity index (χ2v) is 5.96. The molecule has 0 aliphatic carbocycles. The molecule has 1 amide bonds. The van der Waals surface area contributed by atoms with Gasteiger partial charge in [-0.3, -0.25) is 4.79 Å². The van der Waals surface area contributed by atoms with Crippen LogP contribution in [-0.2, 0) is 9.63 Å². The molecular formula is C15H17F3N2O3. The Labute approximate surface area is 131 Å². The Kier molecular flexibility index (Phi) is 4.08. The van der Waals surface area contributed by atoms with Crippen molar-refractivity contribution in [2.75, 3.05) is 13.1 Å². The first-order valence-electron chi connectivity index (χ1n) is 7.50. The summed E-state index contributed by atoms with van der Waals surface area (Å²) >= 11 is 0. The summed E-state index contributed by atoms with van der Waals surface area (Å²) in [5.41, 5.74) is 0.259. The maximum Gasteiger partial charge on any atom is 0.389 e. The number of nitrogens with zero attached hydrogens (tertiary/aromatic N) is 2. The highest BCUT2D eigenvalue weighted by Gasteiger charge is 2.43. The van der Waals surface area contributed by atoms with Crippen molar-refractivity contribution in [2.45, 2.75) is 43.9 Å². The number of rotatable bonds is 3. The minimum atomic E-state index is -4.30. The number of hydrogen-bond donors (Lipinski definition) is 0. The fourth-order valence-electron chi connectivity index (χ4n) is 2.93. The number of carbonyl (C=O) groups is 1. The summed E-state index contributed by atoms with van der Waals surface area (Å²) in [7, 11) is 0. The number of carbonyl (C=O) groups excluding carboxylic acids is 1. The molecule has 8 heteroatoms. The zero-order valence-electron chi connectivity index (χ0n) is 12.4. The second kappa shape index (κ2) is 5.90. The highest BCUT2D eigenvalue weighted by atomic mass is 19.4. The molecule has 2 aliphatic heterocycles. The number of furan rings is 1. The van der Waals surface area contributed by atoms with Gasteiger partial charge in [-0.25, -0.2) is 0 Å². The highest BCUT2D eigenvalue weighted by molar-refractivity contribution is 5.99. The summed E-state index contributed by atoms with van der Waals surface area (Å²) in [6.45, 7) is 0.773. The number of likely N-dealkylation sites (tertiary alicyclic amines) is 1. The number of amides is 1. The maximum atomic E-state index is 12.2. The zero-order valence-corrected chi connectivity index (χ0v) is 12.4. The van der Waals surface area contributed by atoms with Crippen LogP contribution in [0, 0.1) is 0 Å². The Morgan fingerprint density at radius 3 is 2.70 bits per heavy atom. The van der Waals surface area contributed by atoms with Gasteiger partial charge in [0.25, 0.3) is 0 Å². The fourth-order valence-corrected chi connectivity index (χ4v) is 2.93. The Morgan fingerprint density at radius 2 is 2.09 bits per heavy atom. The summed E-state index contributed by atoms with van der Waals surface area (Å²) in [6.07, 6.45) is -2.61. The SMILES string of the molecule is O=C(CCC(F)(F)F)N1CCC2(CC1)CC(c1ccco1)=NO2. The van der Waals surface area contributed by atoms with Gasteiger partial charge >= 0.3 is 6.18 Å². The molecule has 0 unspecified atom stereocenters. The van der Waals surface area contributed by atoms with E-state index in [9.17, 15) is 18.0 Å². The largest absolute Gasteiger partial charge is 0.463 e. The van der Waals surface area contributed by atoms with Crippen LogP contribution in [0.25, 0.3) is 0 Å². The Bertz CT molecular complexity index is 588. The highest BCUT2D eigenvalue weighted by Crippen LogP contribution is 2.36. The van der Waals surface area contributed by atoms with E-state index in [1.165, 1.54) is 4.90 Å². The van der Waals surface area contributed by atoms with Crippen molar-refractivity contribution >= 4 is 11.6 Å². The number of alkyl halides is 3. The first-order valence-corrected chi connectivity index (χ1v) is 7.50. The van der Waals surface area contributed by atoms with Gasteiger partial charge in [0.1, 0.15) is 11.3 Å². The van der Waals surface area contributed by atoms with Gasteiger partial charge in [0.05, 0.1) is 12.7 Å². The predicted molar refractivity (Wildman–Crippen MR) is 74.8 cm³/mol. The van der Waals surface area contributed by atoms with Crippen LogP contribution in [-0.4, -0.2) is 41.4 Å². The number of hydrogen-bond acceptors (Lipinski definition) is 4. The third-order valence-electron chi connectivity index (χ3n) is 4.29. The lowest BCUT2D eigenvalue weighted by molar-refractivity contribution is -0.152. The van der Waals surface area contributed by atoms with Crippen LogP contribution in [0.5, 0.6) is 0 Å². The van der Waals surface area contributed by atoms with Crippen LogP contribution in [0.1, 0.15) is 37.9 Å². The molecular weight excluding hydrogens is 313 g/mol. The molecule has 1 spiro atoms. The molecule has 5 nitrogen and oxygen atoms in total. The molecule has 0 saturated carbocycles. The topological polar surface area (TPSA) is 55.0 Å². The van der Waals surface area contributed by atoms with E-state index in [1.807, 2.05) is 0 Å². The van der Waals surface area contributed by atoms with Crippen molar-refractivity contribution in [2.24, 2.45) is 5.16 Å². The van der Waals surface area contributed by atoms with E-state index in [1.54, 1.807) is 18.4 Å². The smallest absolute Gasteiger partial charge is 0.389 e. The minimum absolute atomic E-state index is 0.387. The van der Waals surface area contributed by atoms with E-state index in [4.69, 9.17) is 9.25 Å². The van der Waals surface area contributed by atoms with Gasteiger partial charge in [0, 0.05) is 38.8 Å². The van der Waals surface area contributed by atoms with Gasteiger partial charge < -0.3 is 14.2 Å². The van der Waals surface area contributed by atoms with Gasteiger partial charge in [-0.05, 0) is 12.1 Å². The first kappa shape index (κ1) is 15.9. The lowest BCUT2D eigenvalue weighted by atomic mass is 9.86. The molecule has 2 aliphatic rings. The normalized spacial score (nSPS) is 20.5. The average molecular weight is 330 g/mol. The lowest BCUT2D eigenvalue weighted by Gasteiger charge is -2.37. The van der Waals surface area contributed by atoms with E-state index in [0.717, 1.165) is 5.71 Å². The monoisotopic (exact) mass is 330 g/mol. The van der Waals surface area contributed by atoms with Gasteiger partial charge in [0.15, 0.2) is 5.76 Å². The van der Waals surface area contributed by atoms with Crippen molar-refractivity contribution in [3.05, 3.63) is 24.2 Å². The van der Waals surface area contributed by atoms with Gasteiger partial charge in [-0.2, -0.15) is 13.2 Å². The quantitative estimate of drug-likeness (QED) is 0.856. The van der Waals surface area contributed by atoms with Crippen LogP contribution in [0.4, 0.5) is 13.2 Å². The molecule has 0 aromatic carbocycles. The summed E-state index contributed by atoms with van der Waals surface area (Å²) in [5.74, 6) is 0.202. The molecule has 0 atom stereocenters. The number of piperidine rings is 1. The van der Waals surface area contributed by atoms with Gasteiger partial charge in [-0.1, -0.05) is 5.16 Å². The number of oxime groups is 1. The Hall–Kier alpha value is -1.99. The first-order chi connectivity index (χ1) is 10.9. The Balaban J connectivity index is 1.50. The summed E-state index contributed by atoms with van der Waals surface area (Å²) in [6, 6.07) is 3.57. The van der Waals surface area contributed by atoms with Crippen LogP contribution in [0.15, 0.2) is 28.0 Å². The molecule has 1 saturated heterocycles. The van der Waals surface area contributed by atoms with Crippen LogP contribution in [0.3, 0.4) is 0 Å². The molecule has 0 radical (unpaired) electrons. The van der Waals surface area contributed by atoms with Gasteiger partial charge in [0.2, 0.25) is 5.91 Å². The Morgan fingerprint density at radius 1 is 1.35 bits per heavy atom. The predicted octanol–water partition coefficient (Wildman–Crippen LogP) is 3.11. The van der Waals surface area contributed by atoms with E-state index in [0.29, 0.717) is 38.1 Å². The molecule has 1 fully saturated rings. The maximum absolute atomic E-state index is 12.2. The van der Waals surface area contributed by atoms with Crippen molar-refractivity contribution in [1.82, 2.24) is 4.90 Å². The van der Waals surface area contributed by atoms with Crippen molar-refractivity contribution in [3.63, 3.8) is 0 Å². The molecule has 1 aromatic rings. The molecule has 126 valence electrons. The van der Waals surface area contributed by atoms with E-state index in [2.05, 4.69) is 5.16 Å². The standard InChI is InChI=1S/C15H17F3N2O3/c16-15(17,18)4-3-13(21)20-7-5-14(6-8-20)10-11(19-23-14)12-2-1-9-22-12/h1-2,9H,3-8,10H2. The lowest BCUT2D eigenvalue weighted by Crippen LogP contribution is -2.47. The van der Waals surface area contributed by atoms with Crippen LogP contribution >= 0.6 is 0 Å². The third-order valence-corrected chi connectivity index (χ3v) is 4.29. The molecule has 0 bridgehead atoms. The molecule has 3 rings (SSSR count). The van der Waals surface area contributed by atoms with E-state index < -0.39 is 30.5 Å². The van der Waals surface area contributed by atoms with E-state index in [-0.39, 0.29) is 0 Å². The van der Waals surface area contributed by atoms with Crippen LogP contribution in [0.2, 0.25) is 0 Å². The second-order valence-electron chi connectivity index (χ2n) is 5.96.